The van der Waals surface area contributed by atoms with E-state index >= 15 is 0 Å². The molecule has 0 aromatic heterocycles. The molecule has 3 aliphatic carbocycles. The standard InChI is InChI=1S/C9H12O2/c10-9(11)8-5-6-1-3-7(8)4-2-6/h1,3,6-8H,2,4-5H2,(H,10,11)/t6-,7-,8+/m1/s1. The molecule has 3 rings (SSSR count). The third-order valence-corrected chi connectivity index (χ3v) is 2.89. The minimum atomic E-state index is -0.607. The van der Waals surface area contributed by atoms with Crippen molar-refractivity contribution in [2.45, 2.75) is 19.3 Å². The summed E-state index contributed by atoms with van der Waals surface area (Å²) in [7, 11) is 0. The fourth-order valence-corrected chi connectivity index (χ4v) is 2.22. The number of hydrogen-bond acceptors (Lipinski definition) is 1. The molecule has 0 unspecified atom stereocenters. The summed E-state index contributed by atoms with van der Waals surface area (Å²) < 4.78 is 0. The number of carbonyl (C=O) groups is 1. The minimum absolute atomic E-state index is 0.0845. The lowest BCUT2D eigenvalue weighted by Crippen LogP contribution is -2.32. The smallest absolute Gasteiger partial charge is 0.307 e. The molecule has 0 aromatic rings. The van der Waals surface area contributed by atoms with Gasteiger partial charge in [-0.05, 0) is 31.1 Å². The van der Waals surface area contributed by atoms with E-state index in [0.29, 0.717) is 11.8 Å². The number of fused-ring (bicyclic) bond motifs is 2. The van der Waals surface area contributed by atoms with Crippen LogP contribution in [0.3, 0.4) is 0 Å². The molecule has 3 atom stereocenters. The second-order valence-electron chi connectivity index (χ2n) is 3.57. The Balaban J connectivity index is 2.17. The van der Waals surface area contributed by atoms with E-state index in [-0.39, 0.29) is 5.92 Å². The molecule has 11 heavy (non-hydrogen) atoms. The van der Waals surface area contributed by atoms with Gasteiger partial charge in [0.2, 0.25) is 0 Å². The van der Waals surface area contributed by atoms with Gasteiger partial charge >= 0.3 is 5.97 Å². The summed E-state index contributed by atoms with van der Waals surface area (Å²) in [4.78, 5) is 10.7. The van der Waals surface area contributed by atoms with Gasteiger partial charge < -0.3 is 5.11 Å². The Morgan fingerprint density at radius 3 is 2.45 bits per heavy atom. The van der Waals surface area contributed by atoms with E-state index in [4.69, 9.17) is 5.11 Å². The first-order valence-corrected chi connectivity index (χ1v) is 4.18. The van der Waals surface area contributed by atoms with Crippen LogP contribution in [0.15, 0.2) is 12.2 Å². The summed E-state index contributed by atoms with van der Waals surface area (Å²) in [5.41, 5.74) is 0. The minimum Gasteiger partial charge on any atom is -0.481 e. The molecule has 1 saturated carbocycles. The van der Waals surface area contributed by atoms with Gasteiger partial charge in [-0.1, -0.05) is 12.2 Å². The average molecular weight is 152 g/mol. The zero-order valence-corrected chi connectivity index (χ0v) is 6.36. The monoisotopic (exact) mass is 152 g/mol. The number of allylic oxidation sites excluding steroid dienone is 2. The first-order chi connectivity index (χ1) is 5.27. The van der Waals surface area contributed by atoms with Crippen LogP contribution in [0.4, 0.5) is 0 Å². The Morgan fingerprint density at radius 1 is 1.36 bits per heavy atom. The van der Waals surface area contributed by atoms with Gasteiger partial charge in [0.15, 0.2) is 0 Å². The van der Waals surface area contributed by atoms with Gasteiger partial charge in [-0.3, -0.25) is 4.79 Å². The van der Waals surface area contributed by atoms with E-state index in [2.05, 4.69) is 12.2 Å². The molecule has 0 spiro atoms. The highest BCUT2D eigenvalue weighted by Crippen LogP contribution is 2.40. The number of carboxylic acid groups (broad SMARTS) is 1. The Bertz CT molecular complexity index is 208. The number of rotatable bonds is 1. The summed E-state index contributed by atoms with van der Waals surface area (Å²) in [6.45, 7) is 0. The van der Waals surface area contributed by atoms with Crippen LogP contribution in [0.2, 0.25) is 0 Å². The van der Waals surface area contributed by atoms with Crippen molar-refractivity contribution < 1.29 is 9.90 Å². The van der Waals surface area contributed by atoms with E-state index in [1.165, 1.54) is 6.42 Å². The molecule has 2 bridgehead atoms. The quantitative estimate of drug-likeness (QED) is 0.580. The molecule has 1 N–H and O–H groups in total. The Hall–Kier alpha value is -0.790. The second kappa shape index (κ2) is 2.36. The molecular weight excluding hydrogens is 140 g/mol. The molecule has 1 fully saturated rings. The van der Waals surface area contributed by atoms with Gasteiger partial charge in [-0.2, -0.15) is 0 Å². The molecular formula is C9H12O2. The van der Waals surface area contributed by atoms with Gasteiger partial charge in [0.25, 0.3) is 0 Å². The lowest BCUT2D eigenvalue weighted by atomic mass is 9.69. The van der Waals surface area contributed by atoms with E-state index in [0.717, 1.165) is 12.8 Å². The van der Waals surface area contributed by atoms with E-state index < -0.39 is 5.97 Å². The summed E-state index contributed by atoms with van der Waals surface area (Å²) in [6, 6.07) is 0. The van der Waals surface area contributed by atoms with Crippen molar-refractivity contribution in [3.8, 4) is 0 Å². The Morgan fingerprint density at radius 2 is 2.18 bits per heavy atom. The Kier molecular flexibility index (Phi) is 1.48. The first-order valence-electron chi connectivity index (χ1n) is 4.18. The number of aliphatic carboxylic acids is 1. The topological polar surface area (TPSA) is 37.3 Å². The maximum absolute atomic E-state index is 10.7. The van der Waals surface area contributed by atoms with Crippen LogP contribution in [0.1, 0.15) is 19.3 Å². The van der Waals surface area contributed by atoms with Crippen LogP contribution in [-0.4, -0.2) is 11.1 Å². The lowest BCUT2D eigenvalue weighted by molar-refractivity contribution is -0.144. The molecule has 2 nitrogen and oxygen atoms in total. The van der Waals surface area contributed by atoms with E-state index in [1.54, 1.807) is 0 Å². The molecule has 0 radical (unpaired) electrons. The highest BCUT2D eigenvalue weighted by molar-refractivity contribution is 5.71. The maximum atomic E-state index is 10.7. The van der Waals surface area contributed by atoms with Gasteiger partial charge in [0.05, 0.1) is 5.92 Å². The summed E-state index contributed by atoms with van der Waals surface area (Å²) in [5.74, 6) is 0.196. The van der Waals surface area contributed by atoms with Gasteiger partial charge in [-0.25, -0.2) is 0 Å². The molecule has 2 heteroatoms. The van der Waals surface area contributed by atoms with Crippen LogP contribution < -0.4 is 0 Å². The third kappa shape index (κ3) is 1.06. The average Bonchev–Trinajstić information content (AvgIpc) is 2.06. The first kappa shape index (κ1) is 6.89. The van der Waals surface area contributed by atoms with Crippen molar-refractivity contribution in [1.82, 2.24) is 0 Å². The van der Waals surface area contributed by atoms with Gasteiger partial charge in [-0.15, -0.1) is 0 Å². The van der Waals surface area contributed by atoms with E-state index in [9.17, 15) is 4.79 Å². The number of hydrogen-bond donors (Lipinski definition) is 1. The normalized spacial score (nSPS) is 40.9. The summed E-state index contributed by atoms with van der Waals surface area (Å²) in [6.07, 6.45) is 7.43. The van der Waals surface area contributed by atoms with Crippen LogP contribution in [-0.2, 0) is 4.79 Å². The van der Waals surface area contributed by atoms with Crippen LogP contribution in [0.25, 0.3) is 0 Å². The predicted octanol–water partition coefficient (Wildman–Crippen LogP) is 1.67. The van der Waals surface area contributed by atoms with E-state index in [1.807, 2.05) is 0 Å². The van der Waals surface area contributed by atoms with Crippen LogP contribution >= 0.6 is 0 Å². The SMILES string of the molecule is O=C(O)[C@H]1C[C@@H]2C=C[C@@H]1CC2. The van der Waals surface area contributed by atoms with Crippen LogP contribution in [0.5, 0.6) is 0 Å². The molecule has 0 amide bonds. The molecule has 0 aliphatic heterocycles. The second-order valence-corrected chi connectivity index (χ2v) is 3.57. The van der Waals surface area contributed by atoms with Crippen molar-refractivity contribution >= 4 is 5.97 Å². The molecule has 0 heterocycles. The van der Waals surface area contributed by atoms with Crippen molar-refractivity contribution in [2.24, 2.45) is 17.8 Å². The largest absolute Gasteiger partial charge is 0.481 e. The zero-order valence-electron chi connectivity index (χ0n) is 6.36. The molecule has 0 aromatic carbocycles. The van der Waals surface area contributed by atoms with Crippen molar-refractivity contribution in [3.63, 3.8) is 0 Å². The predicted molar refractivity (Wildman–Crippen MR) is 41.1 cm³/mol. The molecule has 60 valence electrons. The summed E-state index contributed by atoms with van der Waals surface area (Å²) in [5, 5.41) is 8.83. The fourth-order valence-electron chi connectivity index (χ4n) is 2.22. The van der Waals surface area contributed by atoms with Crippen molar-refractivity contribution in [2.75, 3.05) is 0 Å². The van der Waals surface area contributed by atoms with Gasteiger partial charge in [0.1, 0.15) is 0 Å². The van der Waals surface area contributed by atoms with Crippen molar-refractivity contribution in [3.05, 3.63) is 12.2 Å². The van der Waals surface area contributed by atoms with Crippen molar-refractivity contribution in [1.29, 1.82) is 0 Å². The number of carboxylic acids is 1. The van der Waals surface area contributed by atoms with Crippen LogP contribution in [0, 0.1) is 17.8 Å². The fraction of sp³-hybridized carbons (Fsp3) is 0.667. The Labute approximate surface area is 65.9 Å². The van der Waals surface area contributed by atoms with Gasteiger partial charge in [0, 0.05) is 0 Å². The maximum Gasteiger partial charge on any atom is 0.307 e. The summed E-state index contributed by atoms with van der Waals surface area (Å²) >= 11 is 0. The highest BCUT2D eigenvalue weighted by atomic mass is 16.4. The third-order valence-electron chi connectivity index (χ3n) is 2.89. The lowest BCUT2D eigenvalue weighted by Gasteiger charge is -2.35. The highest BCUT2D eigenvalue weighted by Gasteiger charge is 2.35. The molecule has 3 aliphatic rings. The zero-order chi connectivity index (χ0) is 7.84. The molecule has 0 saturated heterocycles.